The SMILES string of the molecule is CN1CCC2(CC1)OC(=O)C(c1cccs1)(c1cccs1)O2. The molecule has 0 aliphatic carbocycles. The van der Waals surface area contributed by atoms with Gasteiger partial charge in [0.2, 0.25) is 11.4 Å². The molecule has 0 saturated carbocycles. The maximum Gasteiger partial charge on any atom is 0.352 e. The van der Waals surface area contributed by atoms with Crippen LogP contribution in [0, 0.1) is 0 Å². The highest BCUT2D eigenvalue weighted by atomic mass is 32.1. The lowest BCUT2D eigenvalue weighted by molar-refractivity contribution is -0.205. The minimum absolute atomic E-state index is 0.276. The molecule has 0 aromatic carbocycles. The van der Waals surface area contributed by atoms with Gasteiger partial charge < -0.3 is 14.4 Å². The Morgan fingerprint density at radius 3 is 2.18 bits per heavy atom. The fourth-order valence-electron chi connectivity index (χ4n) is 3.13. The summed E-state index contributed by atoms with van der Waals surface area (Å²) >= 11 is 3.08. The number of carbonyl (C=O) groups excluding carboxylic acids is 1. The maximum atomic E-state index is 12.9. The molecule has 116 valence electrons. The van der Waals surface area contributed by atoms with E-state index < -0.39 is 11.4 Å². The first-order valence-electron chi connectivity index (χ1n) is 7.35. The minimum atomic E-state index is -1.09. The average Bonchev–Trinajstić information content (AvgIpc) is 3.24. The Bertz CT molecular complexity index is 623. The first-order valence-corrected chi connectivity index (χ1v) is 9.11. The van der Waals surface area contributed by atoms with Crippen LogP contribution in [0.3, 0.4) is 0 Å². The molecular weight excluding hydrogens is 318 g/mol. The fraction of sp³-hybridized carbons (Fsp3) is 0.438. The quantitative estimate of drug-likeness (QED) is 0.791. The second-order valence-corrected chi connectivity index (χ2v) is 7.74. The highest BCUT2D eigenvalue weighted by molar-refractivity contribution is 7.12. The van der Waals surface area contributed by atoms with E-state index in [4.69, 9.17) is 9.47 Å². The number of ether oxygens (including phenoxy) is 2. The van der Waals surface area contributed by atoms with Gasteiger partial charge in [-0.25, -0.2) is 4.79 Å². The summed E-state index contributed by atoms with van der Waals surface area (Å²) in [7, 11) is 2.08. The molecule has 0 radical (unpaired) electrons. The van der Waals surface area contributed by atoms with Crippen LogP contribution in [-0.4, -0.2) is 36.8 Å². The molecule has 2 aliphatic rings. The van der Waals surface area contributed by atoms with Gasteiger partial charge in [-0.3, -0.25) is 0 Å². The molecular formula is C16H17NO3S2. The van der Waals surface area contributed by atoms with Crippen LogP contribution in [0.4, 0.5) is 0 Å². The summed E-state index contributed by atoms with van der Waals surface area (Å²) in [6.45, 7) is 1.75. The number of carbonyl (C=O) groups is 1. The molecule has 2 aromatic rings. The highest BCUT2D eigenvalue weighted by Crippen LogP contribution is 2.50. The van der Waals surface area contributed by atoms with Crippen molar-refractivity contribution in [3.8, 4) is 0 Å². The van der Waals surface area contributed by atoms with Crippen molar-refractivity contribution in [2.24, 2.45) is 0 Å². The molecule has 0 bridgehead atoms. The van der Waals surface area contributed by atoms with Gasteiger partial charge >= 0.3 is 5.97 Å². The lowest BCUT2D eigenvalue weighted by atomic mass is 9.99. The molecule has 0 atom stereocenters. The van der Waals surface area contributed by atoms with Crippen molar-refractivity contribution in [2.75, 3.05) is 20.1 Å². The van der Waals surface area contributed by atoms with Crippen LogP contribution in [-0.2, 0) is 19.9 Å². The normalized spacial score (nSPS) is 23.8. The van der Waals surface area contributed by atoms with E-state index in [9.17, 15) is 4.79 Å². The summed E-state index contributed by atoms with van der Waals surface area (Å²) in [6, 6.07) is 7.82. The summed E-state index contributed by atoms with van der Waals surface area (Å²) in [5.41, 5.74) is -1.09. The van der Waals surface area contributed by atoms with Crippen LogP contribution in [0.25, 0.3) is 0 Å². The van der Waals surface area contributed by atoms with E-state index in [0.29, 0.717) is 12.8 Å². The van der Waals surface area contributed by atoms with Gasteiger partial charge in [0.15, 0.2) is 0 Å². The van der Waals surface area contributed by atoms with E-state index in [0.717, 1.165) is 22.8 Å². The van der Waals surface area contributed by atoms with Crippen LogP contribution in [0.15, 0.2) is 35.0 Å². The zero-order valence-electron chi connectivity index (χ0n) is 12.3. The van der Waals surface area contributed by atoms with E-state index in [1.165, 1.54) is 22.7 Å². The second-order valence-electron chi connectivity index (χ2n) is 5.84. The van der Waals surface area contributed by atoms with Crippen molar-refractivity contribution in [2.45, 2.75) is 24.2 Å². The van der Waals surface area contributed by atoms with Crippen molar-refractivity contribution in [3.63, 3.8) is 0 Å². The van der Waals surface area contributed by atoms with Gasteiger partial charge in [-0.05, 0) is 29.9 Å². The van der Waals surface area contributed by atoms with Gasteiger partial charge in [0.05, 0.1) is 9.75 Å². The van der Waals surface area contributed by atoms with Gasteiger partial charge in [0.25, 0.3) is 0 Å². The smallest absolute Gasteiger partial charge is 0.352 e. The third-order valence-corrected chi connectivity index (χ3v) is 6.33. The van der Waals surface area contributed by atoms with Gasteiger partial charge in [0, 0.05) is 25.9 Å². The molecule has 2 aliphatic heterocycles. The molecule has 6 heteroatoms. The Hall–Kier alpha value is -1.21. The maximum absolute atomic E-state index is 12.9. The number of hydrogen-bond acceptors (Lipinski definition) is 6. The number of likely N-dealkylation sites (tertiary alicyclic amines) is 1. The number of esters is 1. The molecule has 2 saturated heterocycles. The van der Waals surface area contributed by atoms with Gasteiger partial charge in [-0.2, -0.15) is 0 Å². The lowest BCUT2D eigenvalue weighted by Gasteiger charge is -2.36. The largest absolute Gasteiger partial charge is 0.430 e. The van der Waals surface area contributed by atoms with Gasteiger partial charge in [-0.1, -0.05) is 12.1 Å². The van der Waals surface area contributed by atoms with Gasteiger partial charge in [0.1, 0.15) is 0 Å². The summed E-state index contributed by atoms with van der Waals surface area (Å²) in [5, 5.41) is 3.95. The standard InChI is InChI=1S/C16H17NO3S2/c1-17-8-6-15(7-9-17)19-14(18)16(20-15,12-4-2-10-21-12)13-5-3-11-22-13/h2-5,10-11H,6-9H2,1H3. The molecule has 0 unspecified atom stereocenters. The van der Waals surface area contributed by atoms with Gasteiger partial charge in [-0.15, -0.1) is 22.7 Å². The molecule has 4 nitrogen and oxygen atoms in total. The van der Waals surface area contributed by atoms with Crippen LogP contribution in [0.2, 0.25) is 0 Å². The van der Waals surface area contributed by atoms with E-state index in [1.807, 2.05) is 35.0 Å². The molecule has 4 rings (SSSR count). The Labute approximate surface area is 137 Å². The molecule has 0 N–H and O–H groups in total. The second kappa shape index (κ2) is 5.16. The van der Waals surface area contributed by atoms with Crippen molar-refractivity contribution in [3.05, 3.63) is 44.8 Å². The molecule has 1 spiro atoms. The molecule has 2 aromatic heterocycles. The molecule has 4 heterocycles. The highest BCUT2D eigenvalue weighted by Gasteiger charge is 2.61. The predicted molar refractivity (Wildman–Crippen MR) is 86.1 cm³/mol. The van der Waals surface area contributed by atoms with E-state index in [1.54, 1.807) is 0 Å². The number of hydrogen-bond donors (Lipinski definition) is 0. The molecule has 22 heavy (non-hydrogen) atoms. The number of nitrogens with zero attached hydrogens (tertiary/aromatic N) is 1. The van der Waals surface area contributed by atoms with Crippen molar-refractivity contribution >= 4 is 28.6 Å². The zero-order chi connectivity index (χ0) is 15.2. The zero-order valence-corrected chi connectivity index (χ0v) is 13.9. The molecule has 2 fully saturated rings. The van der Waals surface area contributed by atoms with Crippen LogP contribution in [0.1, 0.15) is 22.6 Å². The average molecular weight is 335 g/mol. The van der Waals surface area contributed by atoms with E-state index in [2.05, 4.69) is 11.9 Å². The predicted octanol–water partition coefficient (Wildman–Crippen LogP) is 3.05. The fourth-order valence-corrected chi connectivity index (χ4v) is 4.91. The first kappa shape index (κ1) is 14.4. The summed E-state index contributed by atoms with van der Waals surface area (Å²) in [4.78, 5) is 16.9. The number of rotatable bonds is 2. The van der Waals surface area contributed by atoms with Crippen LogP contribution >= 0.6 is 22.7 Å². The Kier molecular flexibility index (Phi) is 3.38. The van der Waals surface area contributed by atoms with Crippen molar-refractivity contribution in [1.29, 1.82) is 0 Å². The minimum Gasteiger partial charge on any atom is -0.430 e. The molecule has 0 amide bonds. The summed E-state index contributed by atoms with van der Waals surface area (Å²) in [6.07, 6.45) is 1.43. The van der Waals surface area contributed by atoms with Crippen molar-refractivity contribution < 1.29 is 14.3 Å². The van der Waals surface area contributed by atoms with Crippen LogP contribution < -0.4 is 0 Å². The Morgan fingerprint density at radius 1 is 1.09 bits per heavy atom. The Morgan fingerprint density at radius 2 is 1.68 bits per heavy atom. The lowest BCUT2D eigenvalue weighted by Crippen LogP contribution is -2.45. The topological polar surface area (TPSA) is 38.8 Å². The Balaban J connectivity index is 1.78. The number of thiophene rings is 2. The third-order valence-electron chi connectivity index (χ3n) is 4.39. The van der Waals surface area contributed by atoms with Crippen LogP contribution in [0.5, 0.6) is 0 Å². The van der Waals surface area contributed by atoms with Crippen molar-refractivity contribution in [1.82, 2.24) is 4.90 Å². The number of piperidine rings is 1. The van der Waals surface area contributed by atoms with E-state index >= 15 is 0 Å². The third kappa shape index (κ3) is 2.06. The van der Waals surface area contributed by atoms with E-state index in [-0.39, 0.29) is 5.97 Å². The first-order chi connectivity index (χ1) is 10.6. The monoisotopic (exact) mass is 335 g/mol. The summed E-state index contributed by atoms with van der Waals surface area (Å²) in [5.74, 6) is -1.06. The summed E-state index contributed by atoms with van der Waals surface area (Å²) < 4.78 is 12.3.